The molecule has 0 radical (unpaired) electrons. The topological polar surface area (TPSA) is 61.9 Å². The lowest BCUT2D eigenvalue weighted by molar-refractivity contribution is -0.133. The van der Waals surface area contributed by atoms with Gasteiger partial charge in [0.05, 0.1) is 13.2 Å². The second kappa shape index (κ2) is 8.85. The molecule has 1 N–H and O–H groups in total. The fourth-order valence-electron chi connectivity index (χ4n) is 3.22. The summed E-state index contributed by atoms with van der Waals surface area (Å²) >= 11 is 0. The van der Waals surface area contributed by atoms with Crippen LogP contribution in [-0.2, 0) is 4.79 Å². The number of carbonyl (C=O) groups excluding carboxylic acids is 2. The van der Waals surface area contributed by atoms with E-state index >= 15 is 0 Å². The Bertz CT molecular complexity index is 616. The number of nitrogens with zero attached hydrogens (tertiary/aromatic N) is 2. The van der Waals surface area contributed by atoms with Crippen LogP contribution in [0.5, 0.6) is 5.75 Å². The smallest absolute Gasteiger partial charge is 0.251 e. The minimum Gasteiger partial charge on any atom is -0.496 e. The van der Waals surface area contributed by atoms with E-state index in [9.17, 15) is 9.59 Å². The molecule has 1 heterocycles. The van der Waals surface area contributed by atoms with Gasteiger partial charge in [0, 0.05) is 32.7 Å². The first kappa shape index (κ1) is 19.2. The monoisotopic (exact) mass is 347 g/mol. The third kappa shape index (κ3) is 4.95. The number of methoxy groups -OCH3 is 1. The van der Waals surface area contributed by atoms with E-state index in [1.165, 1.54) is 0 Å². The van der Waals surface area contributed by atoms with Crippen LogP contribution in [0.4, 0.5) is 0 Å². The van der Waals surface area contributed by atoms with Crippen molar-refractivity contribution in [1.29, 1.82) is 0 Å². The molecule has 1 aliphatic rings. The Morgan fingerprint density at radius 2 is 2.12 bits per heavy atom. The highest BCUT2D eigenvalue weighted by Gasteiger charge is 2.30. The van der Waals surface area contributed by atoms with Crippen LogP contribution in [0.3, 0.4) is 0 Å². The first-order chi connectivity index (χ1) is 11.9. The number of ether oxygens (including phenoxy) is 1. The molecule has 2 amide bonds. The normalized spacial score (nSPS) is 17.4. The maximum Gasteiger partial charge on any atom is 0.251 e. The molecule has 1 aromatic carbocycles. The van der Waals surface area contributed by atoms with Gasteiger partial charge in [-0.2, -0.15) is 0 Å². The molecule has 0 aromatic heterocycles. The van der Waals surface area contributed by atoms with E-state index in [0.717, 1.165) is 43.7 Å². The maximum absolute atomic E-state index is 12.2. The molecule has 1 aromatic rings. The molecule has 0 saturated carbocycles. The van der Waals surface area contributed by atoms with Gasteiger partial charge in [-0.1, -0.05) is 6.07 Å². The average Bonchev–Trinajstić information content (AvgIpc) is 3.06. The zero-order valence-corrected chi connectivity index (χ0v) is 15.7. The molecule has 138 valence electrons. The molecular weight excluding hydrogens is 318 g/mol. The van der Waals surface area contributed by atoms with Crippen molar-refractivity contribution in [2.45, 2.75) is 32.2 Å². The zero-order chi connectivity index (χ0) is 18.4. The van der Waals surface area contributed by atoms with Gasteiger partial charge in [0.15, 0.2) is 0 Å². The van der Waals surface area contributed by atoms with Crippen molar-refractivity contribution in [3.8, 4) is 5.75 Å². The van der Waals surface area contributed by atoms with E-state index < -0.39 is 0 Å². The van der Waals surface area contributed by atoms with Gasteiger partial charge >= 0.3 is 0 Å². The second-order valence-electron chi connectivity index (χ2n) is 6.72. The maximum atomic E-state index is 12.2. The quantitative estimate of drug-likeness (QED) is 0.762. The van der Waals surface area contributed by atoms with E-state index in [1.807, 2.05) is 13.0 Å². The number of hydrogen-bond donors (Lipinski definition) is 1. The Morgan fingerprint density at radius 3 is 2.80 bits per heavy atom. The highest BCUT2D eigenvalue weighted by Crippen LogP contribution is 2.20. The van der Waals surface area contributed by atoms with E-state index in [-0.39, 0.29) is 17.9 Å². The minimum atomic E-state index is -0.0966. The summed E-state index contributed by atoms with van der Waals surface area (Å²) in [5.41, 5.74) is 1.61. The molecule has 0 bridgehead atoms. The minimum absolute atomic E-state index is 0.00735. The number of benzene rings is 1. The van der Waals surface area contributed by atoms with E-state index in [4.69, 9.17) is 4.74 Å². The Labute approximate surface area is 150 Å². The molecule has 1 aliphatic heterocycles. The molecule has 1 unspecified atom stereocenters. The Balaban J connectivity index is 1.79. The Hall–Kier alpha value is -2.08. The van der Waals surface area contributed by atoms with Gasteiger partial charge in [0.1, 0.15) is 5.75 Å². The van der Waals surface area contributed by atoms with Crippen molar-refractivity contribution >= 4 is 11.8 Å². The highest BCUT2D eigenvalue weighted by molar-refractivity contribution is 5.94. The van der Waals surface area contributed by atoms with Crippen molar-refractivity contribution < 1.29 is 14.3 Å². The fraction of sp³-hybridized carbons (Fsp3) is 0.579. The van der Waals surface area contributed by atoms with Gasteiger partial charge in [-0.25, -0.2) is 0 Å². The van der Waals surface area contributed by atoms with Gasteiger partial charge in [-0.05, 0) is 50.4 Å². The van der Waals surface area contributed by atoms with Crippen molar-refractivity contribution in [3.63, 3.8) is 0 Å². The fourth-order valence-corrected chi connectivity index (χ4v) is 3.22. The van der Waals surface area contributed by atoms with Crippen LogP contribution >= 0.6 is 0 Å². The Morgan fingerprint density at radius 1 is 1.36 bits per heavy atom. The SMILES string of the molecule is COc1cc(C(=O)NCCCN2CCCC2C(=O)N(C)C)ccc1C. The summed E-state index contributed by atoms with van der Waals surface area (Å²) in [6, 6.07) is 5.44. The van der Waals surface area contributed by atoms with Crippen molar-refractivity contribution in [2.24, 2.45) is 0 Å². The molecule has 2 rings (SSSR count). The molecular formula is C19H29N3O3. The number of likely N-dealkylation sites (tertiary alicyclic amines) is 1. The standard InChI is InChI=1S/C19H29N3O3/c1-14-8-9-15(13-17(14)25-4)18(23)20-10-6-12-22-11-5-7-16(22)19(24)21(2)3/h8-9,13,16H,5-7,10-12H2,1-4H3,(H,20,23). The number of amides is 2. The van der Waals surface area contributed by atoms with Crippen LogP contribution in [0.1, 0.15) is 35.2 Å². The third-order valence-corrected chi connectivity index (χ3v) is 4.67. The first-order valence-corrected chi connectivity index (χ1v) is 8.82. The summed E-state index contributed by atoms with van der Waals surface area (Å²) in [4.78, 5) is 28.3. The average molecular weight is 347 g/mol. The molecule has 25 heavy (non-hydrogen) atoms. The number of rotatable bonds is 7. The predicted molar refractivity (Wildman–Crippen MR) is 98.0 cm³/mol. The van der Waals surface area contributed by atoms with Crippen LogP contribution in [0.2, 0.25) is 0 Å². The summed E-state index contributed by atoms with van der Waals surface area (Å²) < 4.78 is 5.26. The molecule has 6 nitrogen and oxygen atoms in total. The van der Waals surface area contributed by atoms with Gasteiger partial charge in [0.2, 0.25) is 5.91 Å². The van der Waals surface area contributed by atoms with Crippen molar-refractivity contribution in [2.75, 3.05) is 40.8 Å². The number of carbonyl (C=O) groups is 2. The van der Waals surface area contributed by atoms with Gasteiger partial charge < -0.3 is 15.0 Å². The third-order valence-electron chi connectivity index (χ3n) is 4.67. The lowest BCUT2D eigenvalue weighted by atomic mass is 10.1. The molecule has 1 saturated heterocycles. The number of hydrogen-bond acceptors (Lipinski definition) is 4. The number of nitrogens with one attached hydrogen (secondary N) is 1. The van der Waals surface area contributed by atoms with Crippen LogP contribution in [0.25, 0.3) is 0 Å². The molecule has 0 spiro atoms. The van der Waals surface area contributed by atoms with E-state index in [2.05, 4.69) is 10.2 Å². The summed E-state index contributed by atoms with van der Waals surface area (Å²) in [6.45, 7) is 4.31. The zero-order valence-electron chi connectivity index (χ0n) is 15.7. The summed E-state index contributed by atoms with van der Waals surface area (Å²) in [7, 11) is 5.20. The lowest BCUT2D eigenvalue weighted by Gasteiger charge is -2.26. The molecule has 6 heteroatoms. The first-order valence-electron chi connectivity index (χ1n) is 8.82. The largest absolute Gasteiger partial charge is 0.496 e. The number of aryl methyl sites for hydroxylation is 1. The van der Waals surface area contributed by atoms with E-state index in [0.29, 0.717) is 12.1 Å². The summed E-state index contributed by atoms with van der Waals surface area (Å²) in [5, 5.41) is 2.94. The van der Waals surface area contributed by atoms with Gasteiger partial charge in [-0.3, -0.25) is 14.5 Å². The predicted octanol–water partition coefficient (Wildman–Crippen LogP) is 1.68. The lowest BCUT2D eigenvalue weighted by Crippen LogP contribution is -2.43. The molecule has 1 atom stereocenters. The second-order valence-corrected chi connectivity index (χ2v) is 6.72. The van der Waals surface area contributed by atoms with E-state index in [1.54, 1.807) is 38.2 Å². The van der Waals surface area contributed by atoms with Crippen LogP contribution in [0, 0.1) is 6.92 Å². The molecule has 0 aliphatic carbocycles. The summed E-state index contributed by atoms with van der Waals surface area (Å²) in [5.74, 6) is 0.795. The summed E-state index contributed by atoms with van der Waals surface area (Å²) in [6.07, 6.45) is 2.80. The van der Waals surface area contributed by atoms with Gasteiger partial charge in [-0.15, -0.1) is 0 Å². The highest BCUT2D eigenvalue weighted by atomic mass is 16.5. The van der Waals surface area contributed by atoms with Crippen LogP contribution in [0.15, 0.2) is 18.2 Å². The van der Waals surface area contributed by atoms with Crippen molar-refractivity contribution in [3.05, 3.63) is 29.3 Å². The van der Waals surface area contributed by atoms with Crippen LogP contribution in [-0.4, -0.2) is 68.5 Å². The van der Waals surface area contributed by atoms with Crippen molar-refractivity contribution in [1.82, 2.24) is 15.1 Å². The van der Waals surface area contributed by atoms with Crippen LogP contribution < -0.4 is 10.1 Å². The molecule has 1 fully saturated rings. The van der Waals surface area contributed by atoms with Gasteiger partial charge in [0.25, 0.3) is 5.91 Å². The Kier molecular flexibility index (Phi) is 6.82. The number of likely N-dealkylation sites (N-methyl/N-ethyl adjacent to an activating group) is 1.